The van der Waals surface area contributed by atoms with Crippen LogP contribution in [0.3, 0.4) is 0 Å². The van der Waals surface area contributed by atoms with Gasteiger partial charge in [-0.25, -0.2) is 0 Å². The molecule has 0 amide bonds. The molecule has 11 heavy (non-hydrogen) atoms. The van der Waals surface area contributed by atoms with Gasteiger partial charge in [0.25, 0.3) is 0 Å². The number of nitrogens with zero attached hydrogens (tertiary/aromatic N) is 1. The number of aliphatic hydroxyl groups is 1. The van der Waals surface area contributed by atoms with E-state index in [1.54, 1.807) is 0 Å². The molecule has 0 bridgehead atoms. The van der Waals surface area contributed by atoms with Gasteiger partial charge < -0.3 is 10.8 Å². The lowest BCUT2D eigenvalue weighted by molar-refractivity contribution is -0.0641. The van der Waals surface area contributed by atoms with E-state index in [0.29, 0.717) is 0 Å². The Morgan fingerprint density at radius 3 is 2.73 bits per heavy atom. The quantitative estimate of drug-likeness (QED) is 0.502. The maximum atomic E-state index is 9.66. The summed E-state index contributed by atoms with van der Waals surface area (Å²) < 4.78 is 0. The monoisotopic (exact) mass is 154 g/mol. The van der Waals surface area contributed by atoms with Gasteiger partial charge in [-0.15, -0.1) is 0 Å². The van der Waals surface area contributed by atoms with Gasteiger partial charge in [0.1, 0.15) is 5.72 Å². The Morgan fingerprint density at radius 2 is 2.27 bits per heavy atom. The number of nitriles is 1. The fourth-order valence-electron chi connectivity index (χ4n) is 1.60. The van der Waals surface area contributed by atoms with Crippen LogP contribution in [0.1, 0.15) is 26.2 Å². The molecule has 62 valence electrons. The number of hydrogen-bond donors (Lipinski definition) is 2. The summed E-state index contributed by atoms with van der Waals surface area (Å²) in [6.07, 6.45) is 2.65. The number of hydrogen-bond acceptors (Lipinski definition) is 3. The van der Waals surface area contributed by atoms with Crippen molar-refractivity contribution in [3.63, 3.8) is 0 Å². The molecule has 1 aliphatic carbocycles. The average molecular weight is 154 g/mol. The molecule has 0 aliphatic heterocycles. The molecule has 0 saturated heterocycles. The molecular formula is C8H14N2O. The average Bonchev–Trinajstić information content (AvgIpc) is 1.95. The van der Waals surface area contributed by atoms with Crippen LogP contribution in [-0.2, 0) is 0 Å². The predicted octanol–water partition coefficient (Wildman–Crippen LogP) is 0.593. The highest BCUT2D eigenvalue weighted by atomic mass is 16.3. The Labute approximate surface area is 66.8 Å². The van der Waals surface area contributed by atoms with Crippen LogP contribution in [0, 0.1) is 23.2 Å². The van der Waals surface area contributed by atoms with Gasteiger partial charge in [-0.05, 0) is 18.8 Å². The second-order valence-corrected chi connectivity index (χ2v) is 3.40. The van der Waals surface area contributed by atoms with Crippen LogP contribution in [0.2, 0.25) is 0 Å². The van der Waals surface area contributed by atoms with Gasteiger partial charge in [0, 0.05) is 0 Å². The maximum absolute atomic E-state index is 9.66. The van der Waals surface area contributed by atoms with E-state index >= 15 is 0 Å². The van der Waals surface area contributed by atoms with Crippen molar-refractivity contribution in [1.29, 1.82) is 5.26 Å². The van der Waals surface area contributed by atoms with E-state index in [4.69, 9.17) is 11.0 Å². The van der Waals surface area contributed by atoms with Gasteiger partial charge in [0.2, 0.25) is 0 Å². The molecule has 1 rings (SSSR count). The Kier molecular flexibility index (Phi) is 2.17. The van der Waals surface area contributed by atoms with Crippen molar-refractivity contribution in [2.45, 2.75) is 31.9 Å². The largest absolute Gasteiger partial charge is 0.374 e. The summed E-state index contributed by atoms with van der Waals surface area (Å²) in [6.45, 7) is 1.89. The highest BCUT2D eigenvalue weighted by Gasteiger charge is 2.40. The van der Waals surface area contributed by atoms with Gasteiger partial charge in [0.05, 0.1) is 12.0 Å². The molecule has 1 saturated carbocycles. The summed E-state index contributed by atoms with van der Waals surface area (Å²) in [5.41, 5.74) is 4.35. The SMILES string of the molecule is CC1CCCC(C#N)C1(N)O. The minimum absolute atomic E-state index is 0.0425. The molecule has 0 aromatic heterocycles. The molecule has 3 N–H and O–H groups in total. The summed E-state index contributed by atoms with van der Waals surface area (Å²) >= 11 is 0. The summed E-state index contributed by atoms with van der Waals surface area (Å²) in [6, 6.07) is 2.05. The van der Waals surface area contributed by atoms with Crippen LogP contribution in [0.5, 0.6) is 0 Å². The molecule has 0 aromatic carbocycles. The van der Waals surface area contributed by atoms with E-state index in [-0.39, 0.29) is 11.8 Å². The van der Waals surface area contributed by atoms with Gasteiger partial charge in [-0.3, -0.25) is 0 Å². The zero-order chi connectivity index (χ0) is 8.48. The molecule has 3 heteroatoms. The van der Waals surface area contributed by atoms with Crippen LogP contribution >= 0.6 is 0 Å². The van der Waals surface area contributed by atoms with Gasteiger partial charge in [-0.2, -0.15) is 5.26 Å². The van der Waals surface area contributed by atoms with E-state index < -0.39 is 5.72 Å². The highest BCUT2D eigenvalue weighted by molar-refractivity contribution is 5.00. The Morgan fingerprint density at radius 1 is 1.64 bits per heavy atom. The zero-order valence-corrected chi connectivity index (χ0v) is 6.75. The summed E-state index contributed by atoms with van der Waals surface area (Å²) in [7, 11) is 0. The van der Waals surface area contributed by atoms with Crippen LogP contribution < -0.4 is 5.73 Å². The van der Waals surface area contributed by atoms with Crippen LogP contribution in [0.25, 0.3) is 0 Å². The van der Waals surface area contributed by atoms with E-state index in [1.165, 1.54) is 0 Å². The van der Waals surface area contributed by atoms with Crippen molar-refractivity contribution in [2.75, 3.05) is 0 Å². The summed E-state index contributed by atoms with van der Waals surface area (Å²) in [5.74, 6) is -0.341. The lowest BCUT2D eigenvalue weighted by Crippen LogP contribution is -2.54. The molecule has 3 atom stereocenters. The minimum atomic E-state index is -1.26. The van der Waals surface area contributed by atoms with Crippen molar-refractivity contribution in [3.8, 4) is 6.07 Å². The first-order valence-corrected chi connectivity index (χ1v) is 4.00. The predicted molar refractivity (Wildman–Crippen MR) is 41.3 cm³/mol. The molecule has 1 fully saturated rings. The van der Waals surface area contributed by atoms with Crippen molar-refractivity contribution in [3.05, 3.63) is 0 Å². The van der Waals surface area contributed by atoms with Crippen LogP contribution in [-0.4, -0.2) is 10.8 Å². The third-order valence-electron chi connectivity index (χ3n) is 2.63. The lowest BCUT2D eigenvalue weighted by Gasteiger charge is -2.38. The molecule has 0 heterocycles. The lowest BCUT2D eigenvalue weighted by atomic mass is 9.76. The normalized spacial score (nSPS) is 44.9. The summed E-state index contributed by atoms with van der Waals surface area (Å²) in [5, 5.41) is 18.3. The maximum Gasteiger partial charge on any atom is 0.132 e. The fourth-order valence-corrected chi connectivity index (χ4v) is 1.60. The minimum Gasteiger partial charge on any atom is -0.374 e. The van der Waals surface area contributed by atoms with E-state index in [1.807, 2.05) is 13.0 Å². The zero-order valence-electron chi connectivity index (χ0n) is 6.75. The third kappa shape index (κ3) is 1.37. The molecular weight excluding hydrogens is 140 g/mol. The molecule has 3 nitrogen and oxygen atoms in total. The first-order valence-electron chi connectivity index (χ1n) is 4.00. The fraction of sp³-hybridized carbons (Fsp3) is 0.875. The smallest absolute Gasteiger partial charge is 0.132 e. The van der Waals surface area contributed by atoms with Crippen molar-refractivity contribution < 1.29 is 5.11 Å². The van der Waals surface area contributed by atoms with Gasteiger partial charge in [0.15, 0.2) is 0 Å². The second kappa shape index (κ2) is 2.80. The Balaban J connectivity index is 2.75. The molecule has 1 aliphatic rings. The van der Waals surface area contributed by atoms with Crippen LogP contribution in [0.4, 0.5) is 0 Å². The molecule has 0 spiro atoms. The molecule has 0 aromatic rings. The number of nitrogens with two attached hydrogens (primary N) is 1. The first kappa shape index (κ1) is 8.51. The van der Waals surface area contributed by atoms with E-state index in [0.717, 1.165) is 19.3 Å². The van der Waals surface area contributed by atoms with Gasteiger partial charge in [-0.1, -0.05) is 13.3 Å². The standard InChI is InChI=1S/C8H14N2O/c1-6-3-2-4-7(5-9)8(6,10)11/h6-7,11H,2-4,10H2,1H3. The van der Waals surface area contributed by atoms with Crippen LogP contribution in [0.15, 0.2) is 0 Å². The first-order chi connectivity index (χ1) is 5.09. The molecule has 3 unspecified atom stereocenters. The highest BCUT2D eigenvalue weighted by Crippen LogP contribution is 2.33. The Bertz CT molecular complexity index is 183. The second-order valence-electron chi connectivity index (χ2n) is 3.40. The van der Waals surface area contributed by atoms with Crippen molar-refractivity contribution >= 4 is 0 Å². The van der Waals surface area contributed by atoms with E-state index in [9.17, 15) is 5.11 Å². The van der Waals surface area contributed by atoms with Gasteiger partial charge >= 0.3 is 0 Å². The Hall–Kier alpha value is -0.590. The van der Waals surface area contributed by atoms with E-state index in [2.05, 4.69) is 0 Å². The van der Waals surface area contributed by atoms with Crippen molar-refractivity contribution in [2.24, 2.45) is 17.6 Å². The third-order valence-corrected chi connectivity index (χ3v) is 2.63. The number of rotatable bonds is 0. The topological polar surface area (TPSA) is 70.0 Å². The summed E-state index contributed by atoms with van der Waals surface area (Å²) in [4.78, 5) is 0. The van der Waals surface area contributed by atoms with Crippen molar-refractivity contribution in [1.82, 2.24) is 0 Å². The molecule has 0 radical (unpaired) electrons.